The SMILES string of the molecule is COc1cccc(Cn2nccc2NC(=O)COc2cc(Cl)c(Cl)cc2Cl)c1OC. The lowest BCUT2D eigenvalue weighted by Crippen LogP contribution is -2.22. The average Bonchev–Trinajstić information content (AvgIpc) is 3.15. The van der Waals surface area contributed by atoms with Gasteiger partial charge in [-0.1, -0.05) is 46.9 Å². The summed E-state index contributed by atoms with van der Waals surface area (Å²) in [7, 11) is 3.14. The number of halogens is 3. The van der Waals surface area contributed by atoms with Crippen molar-refractivity contribution in [3.05, 3.63) is 63.2 Å². The van der Waals surface area contributed by atoms with Crippen molar-refractivity contribution in [3.63, 3.8) is 0 Å². The largest absolute Gasteiger partial charge is 0.493 e. The van der Waals surface area contributed by atoms with Crippen molar-refractivity contribution in [2.45, 2.75) is 6.54 Å². The van der Waals surface area contributed by atoms with Crippen LogP contribution in [-0.2, 0) is 11.3 Å². The minimum absolute atomic E-state index is 0.257. The van der Waals surface area contributed by atoms with Crippen LogP contribution in [0.5, 0.6) is 17.2 Å². The monoisotopic (exact) mass is 469 g/mol. The summed E-state index contributed by atoms with van der Waals surface area (Å²) in [5.41, 5.74) is 0.842. The highest BCUT2D eigenvalue weighted by Crippen LogP contribution is 2.34. The van der Waals surface area contributed by atoms with E-state index in [4.69, 9.17) is 49.0 Å². The van der Waals surface area contributed by atoms with E-state index in [1.165, 1.54) is 12.1 Å². The predicted molar refractivity (Wildman–Crippen MR) is 116 cm³/mol. The molecule has 1 amide bonds. The summed E-state index contributed by atoms with van der Waals surface area (Å²) in [4.78, 5) is 12.4. The zero-order chi connectivity index (χ0) is 21.7. The lowest BCUT2D eigenvalue weighted by molar-refractivity contribution is -0.118. The van der Waals surface area contributed by atoms with Gasteiger partial charge in [-0.3, -0.25) is 4.79 Å². The standard InChI is InChI=1S/C20H18Cl3N3O4/c1-28-16-5-3-4-12(20(16)29-2)10-26-18(6-7-24-26)25-19(27)11-30-17-9-14(22)13(21)8-15(17)23/h3-9H,10-11H2,1-2H3,(H,25,27). The van der Waals surface area contributed by atoms with Gasteiger partial charge in [-0.15, -0.1) is 0 Å². The molecule has 1 aromatic heterocycles. The van der Waals surface area contributed by atoms with E-state index >= 15 is 0 Å². The fourth-order valence-electron chi connectivity index (χ4n) is 2.74. The number of carbonyl (C=O) groups is 1. The second-order valence-corrected chi connectivity index (χ2v) is 7.28. The van der Waals surface area contributed by atoms with Crippen LogP contribution in [0.15, 0.2) is 42.6 Å². The van der Waals surface area contributed by atoms with Gasteiger partial charge in [-0.2, -0.15) is 5.10 Å². The Kier molecular flexibility index (Phi) is 7.31. The number of nitrogens with one attached hydrogen (secondary N) is 1. The van der Waals surface area contributed by atoms with Crippen molar-refractivity contribution < 1.29 is 19.0 Å². The van der Waals surface area contributed by atoms with Crippen LogP contribution in [0.4, 0.5) is 5.82 Å². The Morgan fingerprint density at radius 1 is 1.03 bits per heavy atom. The first-order valence-corrected chi connectivity index (χ1v) is 9.85. The number of ether oxygens (including phenoxy) is 3. The van der Waals surface area contributed by atoms with E-state index in [9.17, 15) is 4.79 Å². The summed E-state index contributed by atoms with van der Waals surface area (Å²) in [5.74, 6) is 1.58. The molecule has 30 heavy (non-hydrogen) atoms. The third-order valence-electron chi connectivity index (χ3n) is 4.12. The first-order chi connectivity index (χ1) is 14.4. The summed E-state index contributed by atoms with van der Waals surface area (Å²) in [5, 5.41) is 7.85. The Balaban J connectivity index is 1.68. The number of nitrogens with zero attached hydrogens (tertiary/aromatic N) is 2. The average molecular weight is 471 g/mol. The number of anilines is 1. The lowest BCUT2D eigenvalue weighted by Gasteiger charge is -2.14. The molecule has 0 radical (unpaired) electrons. The molecule has 3 rings (SSSR count). The van der Waals surface area contributed by atoms with Crippen molar-refractivity contribution in [1.82, 2.24) is 9.78 Å². The number of aromatic nitrogens is 2. The molecular formula is C20H18Cl3N3O4. The van der Waals surface area contributed by atoms with Gasteiger partial charge in [0.25, 0.3) is 5.91 Å². The van der Waals surface area contributed by atoms with E-state index < -0.39 is 5.91 Å². The van der Waals surface area contributed by atoms with Crippen molar-refractivity contribution in [2.75, 3.05) is 26.1 Å². The molecule has 0 fully saturated rings. The van der Waals surface area contributed by atoms with E-state index in [0.29, 0.717) is 28.9 Å². The third kappa shape index (κ3) is 5.11. The van der Waals surface area contributed by atoms with Crippen LogP contribution in [0.2, 0.25) is 15.1 Å². The van der Waals surface area contributed by atoms with Crippen LogP contribution < -0.4 is 19.5 Å². The van der Waals surface area contributed by atoms with Gasteiger partial charge < -0.3 is 19.5 Å². The molecule has 0 spiro atoms. The van der Waals surface area contributed by atoms with Gasteiger partial charge in [0.05, 0.1) is 42.0 Å². The van der Waals surface area contributed by atoms with Crippen molar-refractivity contribution in [3.8, 4) is 17.2 Å². The maximum Gasteiger partial charge on any atom is 0.263 e. The van der Waals surface area contributed by atoms with Gasteiger partial charge in [0, 0.05) is 17.7 Å². The van der Waals surface area contributed by atoms with Gasteiger partial charge in [0.15, 0.2) is 18.1 Å². The summed E-state index contributed by atoms with van der Waals surface area (Å²) in [6.07, 6.45) is 1.58. The normalized spacial score (nSPS) is 10.6. The Bertz CT molecular complexity index is 1060. The van der Waals surface area contributed by atoms with Crippen molar-refractivity contribution in [2.24, 2.45) is 0 Å². The first kappa shape index (κ1) is 22.1. The topological polar surface area (TPSA) is 74.6 Å². The number of hydrogen-bond donors (Lipinski definition) is 1. The number of para-hydroxylation sites is 1. The molecule has 0 saturated heterocycles. The Morgan fingerprint density at radius 3 is 2.53 bits per heavy atom. The predicted octanol–water partition coefficient (Wildman–Crippen LogP) is 4.93. The van der Waals surface area contributed by atoms with Gasteiger partial charge >= 0.3 is 0 Å². The van der Waals surface area contributed by atoms with Crippen molar-refractivity contribution >= 4 is 46.5 Å². The molecule has 0 unspecified atom stereocenters. The molecule has 2 aromatic carbocycles. The third-order valence-corrected chi connectivity index (χ3v) is 5.14. The smallest absolute Gasteiger partial charge is 0.263 e. The molecular weight excluding hydrogens is 453 g/mol. The van der Waals surface area contributed by atoms with E-state index in [1.807, 2.05) is 12.1 Å². The van der Waals surface area contributed by atoms with Crippen LogP contribution in [0.25, 0.3) is 0 Å². The Hall–Kier alpha value is -2.61. The molecule has 0 bridgehead atoms. The van der Waals surface area contributed by atoms with Gasteiger partial charge in [0.2, 0.25) is 0 Å². The van der Waals surface area contributed by atoms with E-state index in [0.717, 1.165) is 5.56 Å². The van der Waals surface area contributed by atoms with Crippen molar-refractivity contribution in [1.29, 1.82) is 0 Å². The lowest BCUT2D eigenvalue weighted by atomic mass is 10.2. The number of methoxy groups -OCH3 is 2. The minimum atomic E-state index is -0.392. The van der Waals surface area contributed by atoms with Crippen LogP contribution in [0, 0.1) is 0 Å². The van der Waals surface area contributed by atoms with Gasteiger partial charge in [0.1, 0.15) is 11.6 Å². The molecule has 0 atom stereocenters. The van der Waals surface area contributed by atoms with Crippen LogP contribution >= 0.6 is 34.8 Å². The van der Waals surface area contributed by atoms with Gasteiger partial charge in [-0.25, -0.2) is 4.68 Å². The fourth-order valence-corrected chi connectivity index (χ4v) is 3.33. The number of carbonyl (C=O) groups excluding carboxylic acids is 1. The molecule has 1 heterocycles. The highest BCUT2D eigenvalue weighted by molar-refractivity contribution is 6.43. The summed E-state index contributed by atoms with van der Waals surface area (Å²) in [6.45, 7) is 0.0911. The Labute approximate surface area is 188 Å². The van der Waals surface area contributed by atoms with Crippen LogP contribution in [-0.4, -0.2) is 36.5 Å². The first-order valence-electron chi connectivity index (χ1n) is 8.71. The van der Waals surface area contributed by atoms with E-state index in [-0.39, 0.29) is 22.4 Å². The van der Waals surface area contributed by atoms with Gasteiger partial charge in [-0.05, 0) is 12.1 Å². The molecule has 10 heteroatoms. The maximum atomic E-state index is 12.4. The van der Waals surface area contributed by atoms with Crippen LogP contribution in [0.1, 0.15) is 5.56 Å². The zero-order valence-electron chi connectivity index (χ0n) is 16.1. The highest BCUT2D eigenvalue weighted by Gasteiger charge is 2.14. The van der Waals surface area contributed by atoms with Crippen LogP contribution in [0.3, 0.4) is 0 Å². The second kappa shape index (κ2) is 9.93. The quantitative estimate of drug-likeness (QED) is 0.473. The second-order valence-electron chi connectivity index (χ2n) is 6.06. The number of benzene rings is 2. The van der Waals surface area contributed by atoms with E-state index in [2.05, 4.69) is 10.4 Å². The Morgan fingerprint density at radius 2 is 1.80 bits per heavy atom. The molecule has 7 nitrogen and oxygen atoms in total. The summed E-state index contributed by atoms with van der Waals surface area (Å²) >= 11 is 17.9. The molecule has 1 N–H and O–H groups in total. The summed E-state index contributed by atoms with van der Waals surface area (Å²) < 4.78 is 17.8. The molecule has 0 aliphatic rings. The molecule has 3 aromatic rings. The fraction of sp³-hybridized carbons (Fsp3) is 0.200. The number of rotatable bonds is 8. The molecule has 0 saturated carbocycles. The molecule has 158 valence electrons. The number of hydrogen-bond acceptors (Lipinski definition) is 5. The zero-order valence-corrected chi connectivity index (χ0v) is 18.4. The van der Waals surface area contributed by atoms with E-state index in [1.54, 1.807) is 37.2 Å². The maximum absolute atomic E-state index is 12.4. The minimum Gasteiger partial charge on any atom is -0.493 e. The molecule has 0 aliphatic heterocycles. The summed E-state index contributed by atoms with van der Waals surface area (Å²) in [6, 6.07) is 10.1. The molecule has 0 aliphatic carbocycles. The highest BCUT2D eigenvalue weighted by atomic mass is 35.5. The number of amides is 1.